The first-order valence-electron chi connectivity index (χ1n) is 6.40. The average molecular weight is 261 g/mol. The van der Waals surface area contributed by atoms with E-state index in [1.54, 1.807) is 12.4 Å². The smallest absolute Gasteiger partial charge is 0.239 e. The molecule has 102 valence electrons. The largest absolute Gasteiger partial charge is 0.476 e. The monoisotopic (exact) mass is 261 g/mol. The van der Waals surface area contributed by atoms with Gasteiger partial charge in [0.25, 0.3) is 0 Å². The topological polar surface area (TPSA) is 88.8 Å². The van der Waals surface area contributed by atoms with E-state index in [0.29, 0.717) is 18.2 Å². The third kappa shape index (κ3) is 3.87. The first-order chi connectivity index (χ1) is 9.29. The normalized spacial score (nSPS) is 10.4. The molecule has 0 saturated heterocycles. The van der Waals surface area contributed by atoms with Crippen LogP contribution in [-0.2, 0) is 6.42 Å². The summed E-state index contributed by atoms with van der Waals surface area (Å²) in [5.41, 5.74) is 7.46. The van der Waals surface area contributed by atoms with Crippen LogP contribution < -0.4 is 15.8 Å². The number of pyridine rings is 1. The minimum atomic E-state index is 0.494. The van der Waals surface area contributed by atoms with Crippen molar-refractivity contribution < 1.29 is 4.74 Å². The fraction of sp³-hybridized carbons (Fsp3) is 0.385. The lowest BCUT2D eigenvalue weighted by molar-refractivity contribution is 0.307. The van der Waals surface area contributed by atoms with Gasteiger partial charge in [-0.25, -0.2) is 4.98 Å². The van der Waals surface area contributed by atoms with Crippen molar-refractivity contribution in [3.8, 4) is 5.88 Å². The highest BCUT2D eigenvalue weighted by Crippen LogP contribution is 2.20. The lowest BCUT2D eigenvalue weighted by atomic mass is 10.3. The number of aromatic amines is 1. The van der Waals surface area contributed by atoms with E-state index in [4.69, 9.17) is 10.5 Å². The second kappa shape index (κ2) is 6.63. The maximum Gasteiger partial charge on any atom is 0.239 e. The standard InChI is InChI=1S/C13H19N5O/c1-2-7-19-13-11(14)3-4-12(18-13)16-6-5-10-8-15-9-17-10/h3-4,8-9H,2,5-7,14H2,1H3,(H,15,17)(H,16,18). The molecule has 0 atom stereocenters. The number of hydrogen-bond donors (Lipinski definition) is 3. The van der Waals surface area contributed by atoms with Gasteiger partial charge in [0.15, 0.2) is 0 Å². The second-order valence-electron chi connectivity index (χ2n) is 4.19. The fourth-order valence-electron chi connectivity index (χ4n) is 1.61. The summed E-state index contributed by atoms with van der Waals surface area (Å²) < 4.78 is 5.49. The van der Waals surface area contributed by atoms with E-state index >= 15 is 0 Å². The molecular weight excluding hydrogens is 242 g/mol. The maximum atomic E-state index is 5.81. The zero-order chi connectivity index (χ0) is 13.5. The zero-order valence-corrected chi connectivity index (χ0v) is 11.0. The summed E-state index contributed by atoms with van der Waals surface area (Å²) in [6.45, 7) is 3.43. The fourth-order valence-corrected chi connectivity index (χ4v) is 1.61. The van der Waals surface area contributed by atoms with Crippen molar-refractivity contribution in [1.82, 2.24) is 15.0 Å². The van der Waals surface area contributed by atoms with Crippen molar-refractivity contribution in [2.45, 2.75) is 19.8 Å². The minimum absolute atomic E-state index is 0.494. The first-order valence-corrected chi connectivity index (χ1v) is 6.40. The number of aromatic nitrogens is 3. The van der Waals surface area contributed by atoms with Crippen molar-refractivity contribution in [3.05, 3.63) is 30.4 Å². The molecule has 0 aliphatic heterocycles. The molecule has 2 aromatic rings. The molecule has 0 aliphatic rings. The number of nitrogens with one attached hydrogen (secondary N) is 2. The van der Waals surface area contributed by atoms with Gasteiger partial charge in [-0.15, -0.1) is 0 Å². The maximum absolute atomic E-state index is 5.81. The first kappa shape index (κ1) is 13.2. The molecule has 0 unspecified atom stereocenters. The Balaban J connectivity index is 1.89. The molecule has 4 N–H and O–H groups in total. The van der Waals surface area contributed by atoms with Crippen LogP contribution in [-0.4, -0.2) is 28.1 Å². The number of nitrogen functional groups attached to an aromatic ring is 1. The van der Waals surface area contributed by atoms with E-state index in [-0.39, 0.29) is 0 Å². The molecule has 6 nitrogen and oxygen atoms in total. The van der Waals surface area contributed by atoms with Gasteiger partial charge >= 0.3 is 0 Å². The Hall–Kier alpha value is -2.24. The van der Waals surface area contributed by atoms with Gasteiger partial charge in [-0.3, -0.25) is 0 Å². The van der Waals surface area contributed by atoms with Crippen molar-refractivity contribution in [1.29, 1.82) is 0 Å². The minimum Gasteiger partial charge on any atom is -0.476 e. The molecule has 0 amide bonds. The van der Waals surface area contributed by atoms with Gasteiger partial charge in [0, 0.05) is 24.9 Å². The van der Waals surface area contributed by atoms with E-state index in [9.17, 15) is 0 Å². The predicted molar refractivity (Wildman–Crippen MR) is 75.2 cm³/mol. The Kier molecular flexibility index (Phi) is 4.60. The molecular formula is C13H19N5O. The summed E-state index contributed by atoms with van der Waals surface area (Å²) in [6.07, 6.45) is 5.27. The Labute approximate surface area is 112 Å². The van der Waals surface area contributed by atoms with Crippen LogP contribution in [0.15, 0.2) is 24.7 Å². The lowest BCUT2D eigenvalue weighted by Crippen LogP contribution is -2.08. The van der Waals surface area contributed by atoms with Crippen LogP contribution in [0.25, 0.3) is 0 Å². The third-order valence-electron chi connectivity index (χ3n) is 2.59. The van der Waals surface area contributed by atoms with Crippen LogP contribution in [0.4, 0.5) is 11.5 Å². The van der Waals surface area contributed by atoms with Gasteiger partial charge in [0.2, 0.25) is 5.88 Å². The van der Waals surface area contributed by atoms with E-state index in [2.05, 4.69) is 20.3 Å². The van der Waals surface area contributed by atoms with Gasteiger partial charge in [-0.1, -0.05) is 6.92 Å². The molecule has 0 radical (unpaired) electrons. The summed E-state index contributed by atoms with van der Waals surface area (Å²) in [5.74, 6) is 1.26. The summed E-state index contributed by atoms with van der Waals surface area (Å²) in [6, 6.07) is 3.65. The Morgan fingerprint density at radius 3 is 3.05 bits per heavy atom. The van der Waals surface area contributed by atoms with Gasteiger partial charge in [0.05, 0.1) is 18.6 Å². The average Bonchev–Trinajstić information content (AvgIpc) is 2.92. The quantitative estimate of drug-likeness (QED) is 0.707. The third-order valence-corrected chi connectivity index (χ3v) is 2.59. The number of nitrogens with zero attached hydrogens (tertiary/aromatic N) is 2. The van der Waals surface area contributed by atoms with Gasteiger partial charge < -0.3 is 20.8 Å². The highest BCUT2D eigenvalue weighted by atomic mass is 16.5. The molecule has 2 aromatic heterocycles. The number of imidazole rings is 1. The number of nitrogens with two attached hydrogens (primary N) is 1. The van der Waals surface area contributed by atoms with Gasteiger partial charge in [0.1, 0.15) is 5.82 Å². The van der Waals surface area contributed by atoms with Crippen molar-refractivity contribution in [2.75, 3.05) is 24.2 Å². The van der Waals surface area contributed by atoms with Crippen LogP contribution >= 0.6 is 0 Å². The Bertz CT molecular complexity index is 498. The highest BCUT2D eigenvalue weighted by Gasteiger charge is 2.04. The summed E-state index contributed by atoms with van der Waals surface area (Å²) in [4.78, 5) is 11.4. The number of H-pyrrole nitrogens is 1. The van der Waals surface area contributed by atoms with E-state index in [0.717, 1.165) is 30.9 Å². The summed E-state index contributed by atoms with van der Waals surface area (Å²) in [7, 11) is 0. The molecule has 0 aromatic carbocycles. The number of ether oxygens (including phenoxy) is 1. The van der Waals surface area contributed by atoms with E-state index in [1.165, 1.54) is 0 Å². The molecule has 2 heterocycles. The second-order valence-corrected chi connectivity index (χ2v) is 4.19. The van der Waals surface area contributed by atoms with Gasteiger partial charge in [-0.05, 0) is 18.6 Å². The van der Waals surface area contributed by atoms with Gasteiger partial charge in [-0.2, -0.15) is 4.98 Å². The van der Waals surface area contributed by atoms with Crippen LogP contribution in [0.3, 0.4) is 0 Å². The van der Waals surface area contributed by atoms with Crippen LogP contribution in [0.1, 0.15) is 19.0 Å². The molecule has 2 rings (SSSR count). The van der Waals surface area contributed by atoms with Crippen LogP contribution in [0, 0.1) is 0 Å². The van der Waals surface area contributed by atoms with E-state index in [1.807, 2.05) is 19.2 Å². The van der Waals surface area contributed by atoms with Crippen molar-refractivity contribution >= 4 is 11.5 Å². The van der Waals surface area contributed by atoms with Crippen LogP contribution in [0.5, 0.6) is 5.88 Å². The molecule has 6 heteroatoms. The molecule has 19 heavy (non-hydrogen) atoms. The SMILES string of the molecule is CCCOc1nc(NCCc2cnc[nH]2)ccc1N. The summed E-state index contributed by atoms with van der Waals surface area (Å²) in [5, 5.41) is 3.23. The van der Waals surface area contributed by atoms with Crippen molar-refractivity contribution in [3.63, 3.8) is 0 Å². The molecule has 0 bridgehead atoms. The number of hydrogen-bond acceptors (Lipinski definition) is 5. The summed E-state index contributed by atoms with van der Waals surface area (Å²) >= 11 is 0. The number of anilines is 2. The molecule has 0 saturated carbocycles. The molecule has 0 fully saturated rings. The highest BCUT2D eigenvalue weighted by molar-refractivity contribution is 5.53. The molecule has 0 spiro atoms. The van der Waals surface area contributed by atoms with Crippen molar-refractivity contribution in [2.24, 2.45) is 0 Å². The Morgan fingerprint density at radius 1 is 1.42 bits per heavy atom. The lowest BCUT2D eigenvalue weighted by Gasteiger charge is -2.10. The van der Waals surface area contributed by atoms with E-state index < -0.39 is 0 Å². The zero-order valence-electron chi connectivity index (χ0n) is 11.0. The number of rotatable bonds is 7. The Morgan fingerprint density at radius 2 is 2.32 bits per heavy atom. The predicted octanol–water partition coefficient (Wildman–Crippen LogP) is 1.83. The molecule has 0 aliphatic carbocycles. The van der Waals surface area contributed by atoms with Crippen LogP contribution in [0.2, 0.25) is 0 Å².